The van der Waals surface area contributed by atoms with Gasteiger partial charge in [0.1, 0.15) is 4.90 Å². The van der Waals surface area contributed by atoms with Gasteiger partial charge in [-0.3, -0.25) is 0 Å². The van der Waals surface area contributed by atoms with Crippen LogP contribution in [0.5, 0.6) is 0 Å². The second-order valence-electron chi connectivity index (χ2n) is 4.78. The first-order valence-electron chi connectivity index (χ1n) is 6.67. The second kappa shape index (κ2) is 5.99. The number of hydrogen-bond donors (Lipinski definition) is 2. The van der Waals surface area contributed by atoms with Crippen LogP contribution < -0.4 is 15.4 Å². The van der Waals surface area contributed by atoms with Crippen LogP contribution in [-0.4, -0.2) is 41.3 Å². The van der Waals surface area contributed by atoms with Gasteiger partial charge in [-0.1, -0.05) is 6.92 Å². The predicted molar refractivity (Wildman–Crippen MR) is 79.3 cm³/mol. The number of sulfonamides is 1. The molecule has 0 spiro atoms. The van der Waals surface area contributed by atoms with Gasteiger partial charge in [0.25, 0.3) is 0 Å². The fourth-order valence-corrected chi connectivity index (χ4v) is 3.29. The number of anilines is 2. The molecule has 1 saturated heterocycles. The van der Waals surface area contributed by atoms with Gasteiger partial charge in [0, 0.05) is 18.8 Å². The molecule has 0 saturated carbocycles. The summed E-state index contributed by atoms with van der Waals surface area (Å²) in [7, 11) is -2.14. The molecule has 2 rings (SSSR count). The Balaban J connectivity index is 2.41. The molecule has 1 aliphatic heterocycles. The van der Waals surface area contributed by atoms with E-state index in [0.717, 1.165) is 6.42 Å². The molecule has 0 bridgehead atoms. The number of nitrogens with one attached hydrogen (secondary N) is 1. The van der Waals surface area contributed by atoms with Gasteiger partial charge in [-0.15, -0.1) is 0 Å². The second-order valence-corrected chi connectivity index (χ2v) is 6.64. The van der Waals surface area contributed by atoms with Crippen molar-refractivity contribution < 1.29 is 13.2 Å². The molecule has 0 aromatic heterocycles. The van der Waals surface area contributed by atoms with E-state index in [2.05, 4.69) is 11.6 Å². The van der Waals surface area contributed by atoms with Crippen LogP contribution in [0, 0.1) is 0 Å². The Morgan fingerprint density at radius 1 is 1.50 bits per heavy atom. The lowest BCUT2D eigenvalue weighted by Crippen LogP contribution is -2.43. The fourth-order valence-electron chi connectivity index (χ4n) is 2.30. The van der Waals surface area contributed by atoms with Crippen LogP contribution >= 0.6 is 0 Å². The first-order chi connectivity index (χ1) is 9.47. The van der Waals surface area contributed by atoms with Crippen molar-refractivity contribution in [3.8, 4) is 0 Å². The molecule has 112 valence electrons. The highest BCUT2D eigenvalue weighted by molar-refractivity contribution is 7.89. The molecule has 3 N–H and O–H groups in total. The minimum Gasteiger partial charge on any atom is -0.399 e. The van der Waals surface area contributed by atoms with Gasteiger partial charge < -0.3 is 15.4 Å². The summed E-state index contributed by atoms with van der Waals surface area (Å²) in [5.74, 6) is 0. The molecule has 6 nitrogen and oxygen atoms in total. The Morgan fingerprint density at radius 3 is 2.90 bits per heavy atom. The van der Waals surface area contributed by atoms with Crippen molar-refractivity contribution in [1.82, 2.24) is 4.72 Å². The third-order valence-electron chi connectivity index (χ3n) is 3.48. The number of morpholine rings is 1. The number of rotatable bonds is 4. The van der Waals surface area contributed by atoms with Gasteiger partial charge in [-0.2, -0.15) is 0 Å². The Kier molecular flexibility index (Phi) is 4.52. The minimum atomic E-state index is -3.54. The van der Waals surface area contributed by atoms with E-state index in [-0.39, 0.29) is 11.0 Å². The fraction of sp³-hybridized carbons (Fsp3) is 0.538. The first-order valence-corrected chi connectivity index (χ1v) is 8.16. The van der Waals surface area contributed by atoms with Crippen LogP contribution in [0.15, 0.2) is 23.1 Å². The lowest BCUT2D eigenvalue weighted by molar-refractivity contribution is 0.0382. The van der Waals surface area contributed by atoms with E-state index in [9.17, 15) is 8.42 Å². The van der Waals surface area contributed by atoms with Crippen molar-refractivity contribution >= 4 is 21.4 Å². The molecule has 1 aromatic rings. The third-order valence-corrected chi connectivity index (χ3v) is 4.92. The van der Waals surface area contributed by atoms with Gasteiger partial charge in [0.2, 0.25) is 10.0 Å². The summed E-state index contributed by atoms with van der Waals surface area (Å²) in [6, 6.07) is 4.98. The van der Waals surface area contributed by atoms with Crippen LogP contribution in [0.3, 0.4) is 0 Å². The maximum atomic E-state index is 12.1. The third kappa shape index (κ3) is 3.05. The average molecular weight is 299 g/mol. The topological polar surface area (TPSA) is 84.7 Å². The summed E-state index contributed by atoms with van der Waals surface area (Å²) in [6.07, 6.45) is 1.03. The quantitative estimate of drug-likeness (QED) is 0.803. The van der Waals surface area contributed by atoms with Crippen LogP contribution in [0.4, 0.5) is 11.4 Å². The molecule has 0 radical (unpaired) electrons. The zero-order valence-electron chi connectivity index (χ0n) is 11.8. The number of ether oxygens (including phenoxy) is 1. The summed E-state index contributed by atoms with van der Waals surface area (Å²) in [4.78, 5) is 2.26. The van der Waals surface area contributed by atoms with Gasteiger partial charge >= 0.3 is 0 Å². The summed E-state index contributed by atoms with van der Waals surface area (Å²) >= 11 is 0. The number of benzene rings is 1. The number of nitrogens with zero attached hydrogens (tertiary/aromatic N) is 1. The highest BCUT2D eigenvalue weighted by atomic mass is 32.2. The Bertz CT molecular complexity index is 574. The Hall–Kier alpha value is -1.31. The van der Waals surface area contributed by atoms with E-state index in [1.54, 1.807) is 12.1 Å². The minimum absolute atomic E-state index is 0.131. The standard InChI is InChI=1S/C13H21N3O3S/c1-3-11-9-16(6-7-19-11)12-5-4-10(14)8-13(12)20(17,18)15-2/h4-5,8,11,15H,3,6-7,9,14H2,1-2H3. The highest BCUT2D eigenvalue weighted by Gasteiger charge is 2.25. The molecule has 1 unspecified atom stereocenters. The normalized spacial score (nSPS) is 20.1. The number of nitrogen functional groups attached to an aromatic ring is 1. The summed E-state index contributed by atoms with van der Waals surface area (Å²) in [5.41, 5.74) is 6.84. The highest BCUT2D eigenvalue weighted by Crippen LogP contribution is 2.29. The smallest absolute Gasteiger partial charge is 0.242 e. The Morgan fingerprint density at radius 2 is 2.25 bits per heavy atom. The Labute approximate surface area is 120 Å². The van der Waals surface area contributed by atoms with Crippen molar-refractivity contribution in [2.75, 3.05) is 37.4 Å². The predicted octanol–water partition coefficient (Wildman–Crippen LogP) is 0.792. The van der Waals surface area contributed by atoms with Crippen LogP contribution in [0.25, 0.3) is 0 Å². The van der Waals surface area contributed by atoms with Crippen molar-refractivity contribution in [2.24, 2.45) is 0 Å². The zero-order chi connectivity index (χ0) is 14.8. The molecule has 1 aliphatic rings. The van der Waals surface area contributed by atoms with Gasteiger partial charge in [-0.25, -0.2) is 13.1 Å². The van der Waals surface area contributed by atoms with Gasteiger partial charge in [0.05, 0.1) is 18.4 Å². The monoisotopic (exact) mass is 299 g/mol. The van der Waals surface area contributed by atoms with Crippen molar-refractivity contribution in [3.05, 3.63) is 18.2 Å². The van der Waals surface area contributed by atoms with Gasteiger partial charge in [-0.05, 0) is 31.7 Å². The lowest BCUT2D eigenvalue weighted by Gasteiger charge is -2.35. The first kappa shape index (κ1) is 15.1. The van der Waals surface area contributed by atoms with E-state index in [1.165, 1.54) is 13.1 Å². The SMILES string of the molecule is CCC1CN(c2ccc(N)cc2S(=O)(=O)NC)CCO1. The maximum absolute atomic E-state index is 12.1. The molecule has 1 fully saturated rings. The van der Waals surface area contributed by atoms with E-state index >= 15 is 0 Å². The number of hydrogen-bond acceptors (Lipinski definition) is 5. The molecular formula is C13H21N3O3S. The molecule has 0 amide bonds. The van der Waals surface area contributed by atoms with Gasteiger partial charge in [0.15, 0.2) is 0 Å². The molecule has 1 atom stereocenters. The lowest BCUT2D eigenvalue weighted by atomic mass is 10.2. The largest absolute Gasteiger partial charge is 0.399 e. The summed E-state index contributed by atoms with van der Waals surface area (Å²) < 4.78 is 32.3. The molecular weight excluding hydrogens is 278 g/mol. The molecule has 1 aromatic carbocycles. The van der Waals surface area contributed by atoms with Crippen molar-refractivity contribution in [3.63, 3.8) is 0 Å². The average Bonchev–Trinajstić information content (AvgIpc) is 2.47. The van der Waals surface area contributed by atoms with Crippen LogP contribution in [-0.2, 0) is 14.8 Å². The number of nitrogens with two attached hydrogens (primary N) is 1. The molecule has 7 heteroatoms. The maximum Gasteiger partial charge on any atom is 0.242 e. The van der Waals surface area contributed by atoms with E-state index in [1.807, 2.05) is 4.90 Å². The van der Waals surface area contributed by atoms with Crippen LogP contribution in [0.1, 0.15) is 13.3 Å². The molecule has 1 heterocycles. The zero-order valence-corrected chi connectivity index (χ0v) is 12.6. The van der Waals surface area contributed by atoms with Crippen LogP contribution in [0.2, 0.25) is 0 Å². The summed E-state index contributed by atoms with van der Waals surface area (Å²) in [6.45, 7) is 4.02. The van der Waals surface area contributed by atoms with Crippen molar-refractivity contribution in [2.45, 2.75) is 24.3 Å². The van der Waals surface area contributed by atoms with Crippen molar-refractivity contribution in [1.29, 1.82) is 0 Å². The molecule has 20 heavy (non-hydrogen) atoms. The molecule has 0 aliphatic carbocycles. The van der Waals surface area contributed by atoms with E-state index in [4.69, 9.17) is 10.5 Å². The van der Waals surface area contributed by atoms with E-state index < -0.39 is 10.0 Å². The van der Waals surface area contributed by atoms with E-state index in [0.29, 0.717) is 31.1 Å². The summed E-state index contributed by atoms with van der Waals surface area (Å²) in [5, 5.41) is 0.